The van der Waals surface area contributed by atoms with Crippen molar-refractivity contribution in [2.45, 2.75) is 6.54 Å². The minimum absolute atomic E-state index is 0.491. The second-order valence-corrected chi connectivity index (χ2v) is 2.80. The fourth-order valence-electron chi connectivity index (χ4n) is 1.12. The molecule has 68 valence electrons. The molecule has 0 spiro atoms. The first-order chi connectivity index (χ1) is 6.25. The van der Waals surface area contributed by atoms with Crippen LogP contribution < -0.4 is 5.73 Å². The largest absolute Gasteiger partial charge is 0.369 e. The van der Waals surface area contributed by atoms with Gasteiger partial charge in [-0.25, -0.2) is 4.98 Å². The molecular formula is C7H10N6. The van der Waals surface area contributed by atoms with Gasteiger partial charge in [0.2, 0.25) is 0 Å². The van der Waals surface area contributed by atoms with Crippen molar-refractivity contribution in [3.8, 4) is 0 Å². The van der Waals surface area contributed by atoms with Crippen LogP contribution in [0.4, 0.5) is 5.95 Å². The summed E-state index contributed by atoms with van der Waals surface area (Å²) in [4.78, 5) is 3.91. The second kappa shape index (κ2) is 2.89. The number of imidazole rings is 1. The SMILES string of the molecule is Cn1cc(Cn2ccnc2N)nn1. The summed E-state index contributed by atoms with van der Waals surface area (Å²) in [5, 5.41) is 7.76. The quantitative estimate of drug-likeness (QED) is 0.681. The van der Waals surface area contributed by atoms with Gasteiger partial charge in [0.1, 0.15) is 5.69 Å². The number of rotatable bonds is 2. The molecule has 0 fully saturated rings. The van der Waals surface area contributed by atoms with E-state index in [0.29, 0.717) is 12.5 Å². The minimum atomic E-state index is 0.491. The normalized spacial score (nSPS) is 10.5. The van der Waals surface area contributed by atoms with Crippen molar-refractivity contribution in [1.29, 1.82) is 0 Å². The molecule has 2 heterocycles. The van der Waals surface area contributed by atoms with E-state index in [1.807, 2.05) is 24.0 Å². The van der Waals surface area contributed by atoms with Crippen molar-refractivity contribution in [3.05, 3.63) is 24.3 Å². The lowest BCUT2D eigenvalue weighted by atomic mass is 10.5. The molecule has 0 aliphatic heterocycles. The Kier molecular flexibility index (Phi) is 1.73. The summed E-state index contributed by atoms with van der Waals surface area (Å²) >= 11 is 0. The van der Waals surface area contributed by atoms with Crippen molar-refractivity contribution in [1.82, 2.24) is 24.5 Å². The smallest absolute Gasteiger partial charge is 0.200 e. The molecule has 6 nitrogen and oxygen atoms in total. The Balaban J connectivity index is 2.19. The van der Waals surface area contributed by atoms with Gasteiger partial charge in [-0.15, -0.1) is 5.10 Å². The molecule has 13 heavy (non-hydrogen) atoms. The summed E-state index contributed by atoms with van der Waals surface area (Å²) in [6, 6.07) is 0. The van der Waals surface area contributed by atoms with Crippen LogP contribution in [0.25, 0.3) is 0 Å². The highest BCUT2D eigenvalue weighted by atomic mass is 15.4. The van der Waals surface area contributed by atoms with Gasteiger partial charge in [-0.2, -0.15) is 0 Å². The molecule has 0 unspecified atom stereocenters. The number of anilines is 1. The van der Waals surface area contributed by atoms with E-state index < -0.39 is 0 Å². The van der Waals surface area contributed by atoms with Crippen LogP contribution in [0.1, 0.15) is 5.69 Å². The van der Waals surface area contributed by atoms with E-state index in [1.54, 1.807) is 10.9 Å². The molecule has 0 radical (unpaired) electrons. The summed E-state index contributed by atoms with van der Waals surface area (Å²) < 4.78 is 3.46. The third-order valence-corrected chi connectivity index (χ3v) is 1.73. The van der Waals surface area contributed by atoms with E-state index in [9.17, 15) is 0 Å². The fraction of sp³-hybridized carbons (Fsp3) is 0.286. The van der Waals surface area contributed by atoms with Crippen LogP contribution in [-0.2, 0) is 13.6 Å². The van der Waals surface area contributed by atoms with Crippen LogP contribution in [0, 0.1) is 0 Å². The lowest BCUT2D eigenvalue weighted by Gasteiger charge is -1.99. The van der Waals surface area contributed by atoms with Gasteiger partial charge >= 0.3 is 0 Å². The third kappa shape index (κ3) is 1.51. The van der Waals surface area contributed by atoms with E-state index in [4.69, 9.17) is 5.73 Å². The van der Waals surface area contributed by atoms with Crippen LogP contribution in [0.5, 0.6) is 0 Å². The summed E-state index contributed by atoms with van der Waals surface area (Å²) in [7, 11) is 1.83. The Morgan fingerprint density at radius 3 is 2.92 bits per heavy atom. The van der Waals surface area contributed by atoms with Gasteiger partial charge in [-0.3, -0.25) is 4.68 Å². The van der Waals surface area contributed by atoms with Gasteiger partial charge in [0.05, 0.1) is 6.54 Å². The molecule has 0 aromatic carbocycles. The topological polar surface area (TPSA) is 74.5 Å². The predicted molar refractivity (Wildman–Crippen MR) is 46.7 cm³/mol. The predicted octanol–water partition coefficient (Wildman–Crippen LogP) is -0.358. The van der Waals surface area contributed by atoms with Crippen LogP contribution in [0.2, 0.25) is 0 Å². The molecule has 0 amide bonds. The second-order valence-electron chi connectivity index (χ2n) is 2.80. The standard InChI is InChI=1S/C7H10N6/c1-12-4-6(10-11-12)5-13-3-2-9-7(13)8/h2-4H,5H2,1H3,(H2,8,9). The molecule has 0 bridgehead atoms. The Morgan fingerprint density at radius 2 is 2.38 bits per heavy atom. The zero-order valence-corrected chi connectivity index (χ0v) is 7.25. The highest BCUT2D eigenvalue weighted by Crippen LogP contribution is 2.02. The third-order valence-electron chi connectivity index (χ3n) is 1.73. The first kappa shape index (κ1) is 7.78. The van der Waals surface area contributed by atoms with E-state index in [1.165, 1.54) is 0 Å². The van der Waals surface area contributed by atoms with E-state index in [-0.39, 0.29) is 0 Å². The molecule has 0 saturated heterocycles. The average molecular weight is 178 g/mol. The van der Waals surface area contributed by atoms with Gasteiger partial charge < -0.3 is 10.3 Å². The van der Waals surface area contributed by atoms with Gasteiger partial charge in [0, 0.05) is 25.6 Å². The molecule has 0 aliphatic rings. The van der Waals surface area contributed by atoms with Crippen LogP contribution >= 0.6 is 0 Å². The highest BCUT2D eigenvalue weighted by molar-refractivity contribution is 5.18. The molecule has 2 aromatic heterocycles. The summed E-state index contributed by atoms with van der Waals surface area (Å²) in [6.07, 6.45) is 5.31. The maximum Gasteiger partial charge on any atom is 0.200 e. The van der Waals surface area contributed by atoms with Crippen molar-refractivity contribution in [2.24, 2.45) is 7.05 Å². The van der Waals surface area contributed by atoms with E-state index >= 15 is 0 Å². The Morgan fingerprint density at radius 1 is 1.54 bits per heavy atom. The molecular weight excluding hydrogens is 168 g/mol. The Labute approximate surface area is 75.0 Å². The van der Waals surface area contributed by atoms with Gasteiger partial charge in [-0.05, 0) is 0 Å². The molecule has 6 heteroatoms. The lowest BCUT2D eigenvalue weighted by Crippen LogP contribution is -2.03. The average Bonchev–Trinajstić information content (AvgIpc) is 2.64. The van der Waals surface area contributed by atoms with E-state index in [0.717, 1.165) is 5.69 Å². The summed E-state index contributed by atoms with van der Waals surface area (Å²) in [6.45, 7) is 0.611. The zero-order chi connectivity index (χ0) is 9.26. The van der Waals surface area contributed by atoms with E-state index in [2.05, 4.69) is 15.3 Å². The number of nitrogen functional groups attached to an aromatic ring is 1. The van der Waals surface area contributed by atoms with Crippen LogP contribution in [0.15, 0.2) is 18.6 Å². The summed E-state index contributed by atoms with van der Waals surface area (Å²) in [5.41, 5.74) is 6.46. The Hall–Kier alpha value is -1.85. The number of hydrogen-bond acceptors (Lipinski definition) is 4. The lowest BCUT2D eigenvalue weighted by molar-refractivity contribution is 0.710. The zero-order valence-electron chi connectivity index (χ0n) is 7.25. The first-order valence-corrected chi connectivity index (χ1v) is 3.87. The number of hydrogen-bond donors (Lipinski definition) is 1. The number of nitrogens with two attached hydrogens (primary N) is 1. The van der Waals surface area contributed by atoms with Gasteiger partial charge in [0.25, 0.3) is 0 Å². The molecule has 0 atom stereocenters. The molecule has 2 aromatic rings. The Bertz CT molecular complexity index is 401. The molecule has 2 N–H and O–H groups in total. The van der Waals surface area contributed by atoms with Gasteiger partial charge in [0.15, 0.2) is 5.95 Å². The highest BCUT2D eigenvalue weighted by Gasteiger charge is 2.01. The van der Waals surface area contributed by atoms with Crippen LogP contribution in [0.3, 0.4) is 0 Å². The van der Waals surface area contributed by atoms with Crippen LogP contribution in [-0.4, -0.2) is 24.5 Å². The monoisotopic (exact) mass is 178 g/mol. The molecule has 2 rings (SSSR count). The molecule has 0 aliphatic carbocycles. The number of aromatic nitrogens is 5. The minimum Gasteiger partial charge on any atom is -0.369 e. The molecule has 0 saturated carbocycles. The number of aryl methyl sites for hydroxylation is 1. The summed E-state index contributed by atoms with van der Waals surface area (Å²) in [5.74, 6) is 0.491. The van der Waals surface area contributed by atoms with Gasteiger partial charge in [-0.1, -0.05) is 5.21 Å². The maximum absolute atomic E-state index is 5.59. The van der Waals surface area contributed by atoms with Crippen molar-refractivity contribution >= 4 is 5.95 Å². The van der Waals surface area contributed by atoms with Crippen molar-refractivity contribution < 1.29 is 0 Å². The van der Waals surface area contributed by atoms with Crippen molar-refractivity contribution in [2.75, 3.05) is 5.73 Å². The maximum atomic E-state index is 5.59. The fourth-order valence-corrected chi connectivity index (χ4v) is 1.12. The number of nitrogens with zero attached hydrogens (tertiary/aromatic N) is 5. The first-order valence-electron chi connectivity index (χ1n) is 3.87. The van der Waals surface area contributed by atoms with Crippen molar-refractivity contribution in [3.63, 3.8) is 0 Å².